The normalized spacial score (nSPS) is 11.6. The van der Waals surface area contributed by atoms with Crippen LogP contribution in [0.15, 0.2) is 36.4 Å². The van der Waals surface area contributed by atoms with Crippen LogP contribution in [0.5, 0.6) is 17.2 Å². The van der Waals surface area contributed by atoms with E-state index in [4.69, 9.17) is 14.2 Å². The minimum Gasteiger partial charge on any atom is -0.493 e. The average molecular weight is 343 g/mol. The van der Waals surface area contributed by atoms with Gasteiger partial charge in [-0.1, -0.05) is 36.8 Å². The molecule has 0 saturated carbocycles. The molecule has 1 amide bonds. The molecule has 0 heterocycles. The van der Waals surface area contributed by atoms with Gasteiger partial charge in [0.25, 0.3) is 5.91 Å². The van der Waals surface area contributed by atoms with Crippen molar-refractivity contribution in [1.29, 1.82) is 0 Å². The Hall–Kier alpha value is -2.69. The molecule has 0 aliphatic heterocycles. The highest BCUT2D eigenvalue weighted by atomic mass is 16.5. The molecule has 1 unspecified atom stereocenters. The van der Waals surface area contributed by atoms with Crippen molar-refractivity contribution in [2.45, 2.75) is 26.3 Å². The van der Waals surface area contributed by atoms with Crippen molar-refractivity contribution < 1.29 is 19.0 Å². The lowest BCUT2D eigenvalue weighted by molar-refractivity contribution is 0.0934. The van der Waals surface area contributed by atoms with E-state index in [1.165, 1.54) is 26.9 Å². The molecule has 0 aliphatic rings. The molecule has 0 radical (unpaired) electrons. The summed E-state index contributed by atoms with van der Waals surface area (Å²) in [5.41, 5.74) is 2.73. The molecule has 0 fully saturated rings. The number of ether oxygens (including phenoxy) is 3. The Labute approximate surface area is 148 Å². The van der Waals surface area contributed by atoms with E-state index in [0.717, 1.165) is 12.0 Å². The first-order valence-electron chi connectivity index (χ1n) is 8.21. The van der Waals surface area contributed by atoms with Crippen molar-refractivity contribution in [3.63, 3.8) is 0 Å². The van der Waals surface area contributed by atoms with Gasteiger partial charge in [0.05, 0.1) is 27.4 Å². The Balaban J connectivity index is 2.28. The van der Waals surface area contributed by atoms with E-state index in [1.807, 2.05) is 38.1 Å². The SMILES string of the molecule is CCC(NC(=O)c1cc(OC)c(OC)c(OC)c1)c1ccc(C)cc1. The molecule has 0 spiro atoms. The Morgan fingerprint density at radius 3 is 2.00 bits per heavy atom. The summed E-state index contributed by atoms with van der Waals surface area (Å²) in [7, 11) is 4.59. The molecular weight excluding hydrogens is 318 g/mol. The maximum Gasteiger partial charge on any atom is 0.252 e. The fourth-order valence-electron chi connectivity index (χ4n) is 2.67. The quantitative estimate of drug-likeness (QED) is 0.828. The van der Waals surface area contributed by atoms with Crippen LogP contribution in [-0.2, 0) is 0 Å². The van der Waals surface area contributed by atoms with Crippen molar-refractivity contribution in [3.05, 3.63) is 53.1 Å². The maximum absolute atomic E-state index is 12.7. The standard InChI is InChI=1S/C20H25NO4/c1-6-16(14-9-7-13(2)8-10-14)21-20(22)15-11-17(23-3)19(25-5)18(12-15)24-4/h7-12,16H,6H2,1-5H3,(H,21,22). The highest BCUT2D eigenvalue weighted by Crippen LogP contribution is 2.38. The van der Waals surface area contributed by atoms with Crippen LogP contribution in [0.4, 0.5) is 0 Å². The number of methoxy groups -OCH3 is 3. The first kappa shape index (κ1) is 18.6. The third-order valence-electron chi connectivity index (χ3n) is 4.12. The second-order valence-electron chi connectivity index (χ2n) is 5.76. The zero-order chi connectivity index (χ0) is 18.4. The van der Waals surface area contributed by atoms with Gasteiger partial charge in [0, 0.05) is 5.56 Å². The van der Waals surface area contributed by atoms with E-state index >= 15 is 0 Å². The van der Waals surface area contributed by atoms with Crippen molar-refractivity contribution >= 4 is 5.91 Å². The van der Waals surface area contributed by atoms with E-state index in [1.54, 1.807) is 12.1 Å². The van der Waals surface area contributed by atoms with E-state index in [0.29, 0.717) is 22.8 Å². The number of rotatable bonds is 7. The summed E-state index contributed by atoms with van der Waals surface area (Å²) in [6, 6.07) is 11.4. The van der Waals surface area contributed by atoms with Crippen LogP contribution >= 0.6 is 0 Å². The van der Waals surface area contributed by atoms with Crippen LogP contribution < -0.4 is 19.5 Å². The summed E-state index contributed by atoms with van der Waals surface area (Å²) in [5, 5.41) is 3.07. The van der Waals surface area contributed by atoms with E-state index in [9.17, 15) is 4.79 Å². The lowest BCUT2D eigenvalue weighted by Gasteiger charge is -2.19. The van der Waals surface area contributed by atoms with Gasteiger partial charge in [0.2, 0.25) is 5.75 Å². The first-order valence-corrected chi connectivity index (χ1v) is 8.21. The number of amides is 1. The van der Waals surface area contributed by atoms with Crippen LogP contribution in [0, 0.1) is 6.92 Å². The predicted molar refractivity (Wildman–Crippen MR) is 97.8 cm³/mol. The van der Waals surface area contributed by atoms with Crippen molar-refractivity contribution in [2.75, 3.05) is 21.3 Å². The summed E-state index contributed by atoms with van der Waals surface area (Å²) < 4.78 is 15.9. The Kier molecular flexibility index (Phi) is 6.28. The van der Waals surface area contributed by atoms with E-state index in [-0.39, 0.29) is 11.9 Å². The van der Waals surface area contributed by atoms with Gasteiger partial charge in [-0.3, -0.25) is 4.79 Å². The zero-order valence-electron chi connectivity index (χ0n) is 15.4. The largest absolute Gasteiger partial charge is 0.493 e. The fourth-order valence-corrected chi connectivity index (χ4v) is 2.67. The second kappa shape index (κ2) is 8.42. The third kappa shape index (κ3) is 4.24. The molecule has 0 aliphatic carbocycles. The van der Waals surface area contributed by atoms with Crippen molar-refractivity contribution in [1.82, 2.24) is 5.32 Å². The molecular formula is C20H25NO4. The maximum atomic E-state index is 12.7. The molecule has 0 aromatic heterocycles. The van der Waals surface area contributed by atoms with Gasteiger partial charge in [-0.15, -0.1) is 0 Å². The smallest absolute Gasteiger partial charge is 0.252 e. The summed E-state index contributed by atoms with van der Waals surface area (Å²) in [6.45, 7) is 4.08. The van der Waals surface area contributed by atoms with Gasteiger partial charge in [-0.25, -0.2) is 0 Å². The summed E-state index contributed by atoms with van der Waals surface area (Å²) in [5.74, 6) is 1.18. The van der Waals surface area contributed by atoms with Crippen LogP contribution in [0.2, 0.25) is 0 Å². The fraction of sp³-hybridized carbons (Fsp3) is 0.350. The van der Waals surface area contributed by atoms with Gasteiger partial charge in [-0.05, 0) is 31.0 Å². The minimum absolute atomic E-state index is 0.0628. The van der Waals surface area contributed by atoms with Gasteiger partial charge >= 0.3 is 0 Å². The molecule has 2 aromatic rings. The lowest BCUT2D eigenvalue weighted by Crippen LogP contribution is -2.28. The predicted octanol–water partition coefficient (Wildman–Crippen LogP) is 3.90. The van der Waals surface area contributed by atoms with Gasteiger partial charge in [0.15, 0.2) is 11.5 Å². The lowest BCUT2D eigenvalue weighted by atomic mass is 10.0. The monoisotopic (exact) mass is 343 g/mol. The van der Waals surface area contributed by atoms with Crippen LogP contribution in [0.3, 0.4) is 0 Å². The number of hydrogen-bond acceptors (Lipinski definition) is 4. The number of benzene rings is 2. The molecule has 2 aromatic carbocycles. The summed E-state index contributed by atoms with van der Waals surface area (Å²) in [6.07, 6.45) is 0.791. The molecule has 25 heavy (non-hydrogen) atoms. The van der Waals surface area contributed by atoms with E-state index < -0.39 is 0 Å². The number of aryl methyl sites for hydroxylation is 1. The van der Waals surface area contributed by atoms with Crippen LogP contribution in [0.1, 0.15) is 40.9 Å². The Morgan fingerprint density at radius 1 is 1.00 bits per heavy atom. The number of hydrogen-bond donors (Lipinski definition) is 1. The van der Waals surface area contributed by atoms with Crippen LogP contribution in [-0.4, -0.2) is 27.2 Å². The Bertz CT molecular complexity index is 700. The molecule has 1 atom stereocenters. The van der Waals surface area contributed by atoms with Gasteiger partial charge in [0.1, 0.15) is 0 Å². The summed E-state index contributed by atoms with van der Waals surface area (Å²) in [4.78, 5) is 12.7. The summed E-state index contributed by atoms with van der Waals surface area (Å²) >= 11 is 0. The highest BCUT2D eigenvalue weighted by molar-refractivity contribution is 5.95. The average Bonchev–Trinajstić information content (AvgIpc) is 2.65. The Morgan fingerprint density at radius 2 is 1.56 bits per heavy atom. The molecule has 5 heteroatoms. The number of carbonyl (C=O) groups excluding carboxylic acids is 1. The molecule has 1 N–H and O–H groups in total. The third-order valence-corrected chi connectivity index (χ3v) is 4.12. The highest BCUT2D eigenvalue weighted by Gasteiger charge is 2.19. The van der Waals surface area contributed by atoms with Gasteiger partial charge in [-0.2, -0.15) is 0 Å². The molecule has 5 nitrogen and oxygen atoms in total. The van der Waals surface area contributed by atoms with E-state index in [2.05, 4.69) is 5.32 Å². The zero-order valence-corrected chi connectivity index (χ0v) is 15.4. The second-order valence-corrected chi connectivity index (χ2v) is 5.76. The molecule has 2 rings (SSSR count). The molecule has 134 valence electrons. The number of nitrogens with one attached hydrogen (secondary N) is 1. The molecule has 0 bridgehead atoms. The van der Waals surface area contributed by atoms with Crippen molar-refractivity contribution in [3.8, 4) is 17.2 Å². The van der Waals surface area contributed by atoms with Crippen LogP contribution in [0.25, 0.3) is 0 Å². The minimum atomic E-state index is -0.188. The first-order chi connectivity index (χ1) is 12.0. The molecule has 0 saturated heterocycles. The van der Waals surface area contributed by atoms with Crippen molar-refractivity contribution in [2.24, 2.45) is 0 Å². The topological polar surface area (TPSA) is 56.8 Å². The number of carbonyl (C=O) groups is 1. The van der Waals surface area contributed by atoms with Gasteiger partial charge < -0.3 is 19.5 Å².